The van der Waals surface area contributed by atoms with E-state index in [4.69, 9.17) is 14.2 Å². The monoisotopic (exact) mass is 402 g/mol. The maximum Gasteiger partial charge on any atom is 0.407 e. The topological polar surface area (TPSA) is 69.7 Å². The first-order chi connectivity index (χ1) is 13.7. The Kier molecular flexibility index (Phi) is 6.37. The van der Waals surface area contributed by atoms with Crippen LogP contribution in [0, 0.1) is 5.82 Å². The normalized spacial score (nSPS) is 20.0. The van der Waals surface area contributed by atoms with Crippen LogP contribution in [0.3, 0.4) is 0 Å². The molecule has 0 aliphatic carbocycles. The van der Waals surface area contributed by atoms with Gasteiger partial charge in [0.2, 0.25) is 0 Å². The number of hydrogen-bond acceptors (Lipinski definition) is 5. The summed E-state index contributed by atoms with van der Waals surface area (Å²) >= 11 is 0. The number of benzene rings is 1. The lowest BCUT2D eigenvalue weighted by molar-refractivity contribution is 0.0136. The van der Waals surface area contributed by atoms with Crippen molar-refractivity contribution in [3.8, 4) is 5.75 Å². The molecule has 6 nitrogen and oxygen atoms in total. The van der Waals surface area contributed by atoms with Crippen molar-refractivity contribution in [2.24, 2.45) is 0 Å². The van der Waals surface area contributed by atoms with Crippen molar-refractivity contribution in [3.63, 3.8) is 0 Å². The minimum absolute atomic E-state index is 0.0834. The maximum absolute atomic E-state index is 13.7. The Bertz CT molecular complexity index is 900. The Hall–Kier alpha value is -2.67. The van der Waals surface area contributed by atoms with Gasteiger partial charge in [-0.05, 0) is 51.8 Å². The molecule has 1 aromatic carbocycles. The Balaban J connectivity index is 1.65. The molecule has 3 rings (SSSR count). The van der Waals surface area contributed by atoms with E-state index >= 15 is 0 Å². The van der Waals surface area contributed by atoms with Crippen LogP contribution in [-0.4, -0.2) is 42.5 Å². The number of aromatic nitrogens is 1. The van der Waals surface area contributed by atoms with E-state index in [0.29, 0.717) is 23.3 Å². The Morgan fingerprint density at radius 1 is 1.34 bits per heavy atom. The number of methoxy groups -OCH3 is 1. The number of ether oxygens (including phenoxy) is 3. The summed E-state index contributed by atoms with van der Waals surface area (Å²) in [7, 11) is 1.58. The summed E-state index contributed by atoms with van der Waals surface area (Å²) in [5.74, 6) is 0.242. The van der Waals surface area contributed by atoms with Gasteiger partial charge in [-0.2, -0.15) is 0 Å². The van der Waals surface area contributed by atoms with Gasteiger partial charge in [0, 0.05) is 10.9 Å². The van der Waals surface area contributed by atoms with Crippen molar-refractivity contribution in [2.75, 3.05) is 13.7 Å². The van der Waals surface area contributed by atoms with Gasteiger partial charge in [0.15, 0.2) is 0 Å². The van der Waals surface area contributed by atoms with Gasteiger partial charge < -0.3 is 19.5 Å². The summed E-state index contributed by atoms with van der Waals surface area (Å²) < 4.78 is 30.3. The molecule has 2 aromatic rings. The summed E-state index contributed by atoms with van der Waals surface area (Å²) in [4.78, 5) is 16.0. The van der Waals surface area contributed by atoms with E-state index in [1.54, 1.807) is 13.2 Å². The lowest BCUT2D eigenvalue weighted by Crippen LogP contribution is -2.44. The van der Waals surface area contributed by atoms with Gasteiger partial charge in [-0.3, -0.25) is 4.98 Å². The van der Waals surface area contributed by atoms with Crippen LogP contribution >= 0.6 is 0 Å². The average molecular weight is 402 g/mol. The Morgan fingerprint density at radius 2 is 2.14 bits per heavy atom. The fraction of sp³-hybridized carbons (Fsp3) is 0.455. The van der Waals surface area contributed by atoms with E-state index in [1.807, 2.05) is 39.0 Å². The van der Waals surface area contributed by atoms with Crippen LogP contribution in [0.2, 0.25) is 0 Å². The van der Waals surface area contributed by atoms with Crippen molar-refractivity contribution >= 4 is 23.1 Å². The largest absolute Gasteiger partial charge is 0.496 e. The van der Waals surface area contributed by atoms with Gasteiger partial charge in [-0.25, -0.2) is 9.18 Å². The highest BCUT2D eigenvalue weighted by Gasteiger charge is 2.24. The van der Waals surface area contributed by atoms with Crippen molar-refractivity contribution in [1.82, 2.24) is 10.3 Å². The molecule has 1 fully saturated rings. The van der Waals surface area contributed by atoms with Crippen LogP contribution in [0.4, 0.5) is 9.18 Å². The second kappa shape index (κ2) is 8.78. The van der Waals surface area contributed by atoms with Crippen molar-refractivity contribution in [2.45, 2.75) is 51.4 Å². The van der Waals surface area contributed by atoms with Gasteiger partial charge in [0.1, 0.15) is 17.2 Å². The van der Waals surface area contributed by atoms with E-state index in [2.05, 4.69) is 10.3 Å². The number of nitrogens with zero attached hydrogens (tertiary/aromatic N) is 1. The predicted molar refractivity (Wildman–Crippen MR) is 109 cm³/mol. The molecule has 1 aliphatic heterocycles. The number of pyridine rings is 1. The molecule has 2 heterocycles. The summed E-state index contributed by atoms with van der Waals surface area (Å²) in [5.41, 5.74) is 0.920. The van der Waals surface area contributed by atoms with Crippen LogP contribution in [0.15, 0.2) is 30.5 Å². The summed E-state index contributed by atoms with van der Waals surface area (Å²) in [6.07, 6.45) is 6.00. The molecule has 156 valence electrons. The number of carbonyl (C=O) groups excluding carboxylic acids is 1. The fourth-order valence-corrected chi connectivity index (χ4v) is 3.24. The number of alkyl carbamates (subject to hydrolysis) is 1. The molecule has 0 unspecified atom stereocenters. The molecule has 1 aliphatic rings. The molecular weight excluding hydrogens is 375 g/mol. The zero-order valence-corrected chi connectivity index (χ0v) is 17.2. The number of fused-ring (bicyclic) bond motifs is 1. The first kappa shape index (κ1) is 21.0. The molecule has 7 heteroatoms. The highest BCUT2D eigenvalue weighted by atomic mass is 19.1. The SMILES string of the molecule is COc1ccc2ncc(F)cc2c1/C=C/[C@@H]1CC[C@@H](NC(=O)OC(C)(C)C)CO1. The molecule has 1 aromatic heterocycles. The third-order valence-corrected chi connectivity index (χ3v) is 4.56. The van der Waals surface area contributed by atoms with E-state index in [-0.39, 0.29) is 12.1 Å². The number of amides is 1. The number of nitrogens with one attached hydrogen (secondary N) is 1. The quantitative estimate of drug-likeness (QED) is 0.817. The predicted octanol–water partition coefficient (Wildman–Crippen LogP) is 4.47. The molecular formula is C22H27FN2O4. The molecule has 0 radical (unpaired) electrons. The fourth-order valence-electron chi connectivity index (χ4n) is 3.24. The first-order valence-corrected chi connectivity index (χ1v) is 9.67. The van der Waals surface area contributed by atoms with Crippen molar-refractivity contribution in [1.29, 1.82) is 0 Å². The maximum atomic E-state index is 13.7. The first-order valence-electron chi connectivity index (χ1n) is 9.67. The third-order valence-electron chi connectivity index (χ3n) is 4.56. The van der Waals surface area contributed by atoms with Crippen LogP contribution in [0.5, 0.6) is 5.75 Å². The summed E-state index contributed by atoms with van der Waals surface area (Å²) in [5, 5.41) is 3.52. The molecule has 1 N–H and O–H groups in total. The second-order valence-corrected chi connectivity index (χ2v) is 8.05. The van der Waals surface area contributed by atoms with E-state index in [0.717, 1.165) is 18.4 Å². The van der Waals surface area contributed by atoms with Crippen LogP contribution in [0.25, 0.3) is 17.0 Å². The van der Waals surface area contributed by atoms with Crippen LogP contribution < -0.4 is 10.1 Å². The number of carbonyl (C=O) groups is 1. The van der Waals surface area contributed by atoms with Crippen LogP contribution in [0.1, 0.15) is 39.2 Å². The zero-order valence-electron chi connectivity index (χ0n) is 17.2. The highest BCUT2D eigenvalue weighted by molar-refractivity contribution is 5.90. The minimum Gasteiger partial charge on any atom is -0.496 e. The smallest absolute Gasteiger partial charge is 0.407 e. The molecule has 0 spiro atoms. The van der Waals surface area contributed by atoms with Gasteiger partial charge in [-0.15, -0.1) is 0 Å². The van der Waals surface area contributed by atoms with Crippen LogP contribution in [-0.2, 0) is 9.47 Å². The van der Waals surface area contributed by atoms with Crippen molar-refractivity contribution < 1.29 is 23.4 Å². The van der Waals surface area contributed by atoms with Gasteiger partial charge in [0.05, 0.1) is 37.6 Å². The molecule has 1 saturated heterocycles. The number of rotatable bonds is 4. The van der Waals surface area contributed by atoms with Gasteiger partial charge >= 0.3 is 6.09 Å². The summed E-state index contributed by atoms with van der Waals surface area (Å²) in [6, 6.07) is 4.98. The summed E-state index contributed by atoms with van der Waals surface area (Å²) in [6.45, 7) is 5.88. The zero-order chi connectivity index (χ0) is 21.0. The number of halogens is 1. The van der Waals surface area contributed by atoms with E-state index in [1.165, 1.54) is 12.3 Å². The highest BCUT2D eigenvalue weighted by Crippen LogP contribution is 2.29. The van der Waals surface area contributed by atoms with E-state index < -0.39 is 17.5 Å². The lowest BCUT2D eigenvalue weighted by atomic mass is 10.0. The molecule has 0 bridgehead atoms. The number of hydrogen-bond donors (Lipinski definition) is 1. The second-order valence-electron chi connectivity index (χ2n) is 8.05. The Labute approximate surface area is 170 Å². The lowest BCUT2D eigenvalue weighted by Gasteiger charge is -2.29. The third kappa shape index (κ3) is 5.67. The molecule has 29 heavy (non-hydrogen) atoms. The van der Waals surface area contributed by atoms with Gasteiger partial charge in [0.25, 0.3) is 0 Å². The standard InChI is InChI=1S/C22H27FN2O4/c1-22(2,3)29-21(26)25-15-5-6-16(28-13-15)7-8-17-18-11-14(23)12-24-19(18)9-10-20(17)27-4/h7-12,15-16H,5-6,13H2,1-4H3,(H,25,26)/b8-7+/t15-,16+/m1/s1. The van der Waals surface area contributed by atoms with Gasteiger partial charge in [-0.1, -0.05) is 12.2 Å². The molecule has 1 amide bonds. The minimum atomic E-state index is -0.531. The van der Waals surface area contributed by atoms with E-state index in [9.17, 15) is 9.18 Å². The average Bonchev–Trinajstić information content (AvgIpc) is 2.65. The molecule has 2 atom stereocenters. The Morgan fingerprint density at radius 3 is 2.79 bits per heavy atom. The molecule has 0 saturated carbocycles. The van der Waals surface area contributed by atoms with Crippen molar-refractivity contribution in [3.05, 3.63) is 41.9 Å².